The van der Waals surface area contributed by atoms with Crippen molar-refractivity contribution in [2.45, 2.75) is 25.5 Å². The number of hydrogen-bond donors (Lipinski definition) is 3. The summed E-state index contributed by atoms with van der Waals surface area (Å²) in [4.78, 5) is 39.2. The highest BCUT2D eigenvalue weighted by Crippen LogP contribution is 2.23. The molecule has 0 bridgehead atoms. The first kappa shape index (κ1) is 14.4. The van der Waals surface area contributed by atoms with Crippen molar-refractivity contribution in [2.24, 2.45) is 0 Å². The number of anilines is 1. The number of carbonyl (C=O) groups is 3. The Bertz CT molecular complexity index is 558. The van der Waals surface area contributed by atoms with Crippen LogP contribution in [0.3, 0.4) is 0 Å². The van der Waals surface area contributed by atoms with Crippen LogP contribution < -0.4 is 5.32 Å². The topological polar surface area (TPSA) is 120 Å². The van der Waals surface area contributed by atoms with E-state index in [0.29, 0.717) is 0 Å². The molecule has 2 heterocycles. The Morgan fingerprint density at radius 2 is 2.20 bits per heavy atom. The number of thiazole rings is 1. The first-order chi connectivity index (χ1) is 9.38. The minimum Gasteiger partial charge on any atom is -0.480 e. The van der Waals surface area contributed by atoms with E-state index < -0.39 is 24.0 Å². The van der Waals surface area contributed by atoms with E-state index in [4.69, 9.17) is 5.11 Å². The fourth-order valence-electron chi connectivity index (χ4n) is 2.00. The predicted octanol–water partition coefficient (Wildman–Crippen LogP) is -0.239. The molecule has 1 aromatic rings. The van der Waals surface area contributed by atoms with Crippen molar-refractivity contribution in [3.05, 3.63) is 11.1 Å². The molecule has 1 aliphatic heterocycles. The van der Waals surface area contributed by atoms with Gasteiger partial charge in [-0.2, -0.15) is 0 Å². The van der Waals surface area contributed by atoms with E-state index in [1.54, 1.807) is 0 Å². The first-order valence-electron chi connectivity index (χ1n) is 5.83. The van der Waals surface area contributed by atoms with Gasteiger partial charge in [0.15, 0.2) is 5.13 Å². The van der Waals surface area contributed by atoms with Crippen molar-refractivity contribution in [1.29, 1.82) is 0 Å². The number of amides is 2. The molecule has 1 saturated heterocycles. The van der Waals surface area contributed by atoms with Crippen LogP contribution in [-0.2, 0) is 9.59 Å². The van der Waals surface area contributed by atoms with E-state index in [1.165, 1.54) is 12.3 Å². The summed E-state index contributed by atoms with van der Waals surface area (Å²) in [7, 11) is 0. The number of hydrogen-bond acceptors (Lipinski definition) is 6. The van der Waals surface area contributed by atoms with Crippen molar-refractivity contribution in [1.82, 2.24) is 9.88 Å². The average molecular weight is 299 g/mol. The minimum atomic E-state index is -1.16. The number of β-amino-alcohol motifs (C(OH)–C–C–N with tert-alkyl or cyclic N) is 1. The number of nitrogens with zero attached hydrogens (tertiary/aromatic N) is 2. The summed E-state index contributed by atoms with van der Waals surface area (Å²) in [5.41, 5.74) is 0.0547. The molecule has 2 atom stereocenters. The van der Waals surface area contributed by atoms with Crippen LogP contribution in [0.1, 0.15) is 23.8 Å². The lowest BCUT2D eigenvalue weighted by molar-refractivity contribution is -0.141. The van der Waals surface area contributed by atoms with E-state index in [9.17, 15) is 19.5 Å². The van der Waals surface area contributed by atoms with Crippen LogP contribution >= 0.6 is 11.3 Å². The van der Waals surface area contributed by atoms with E-state index in [0.717, 1.165) is 16.2 Å². The Morgan fingerprint density at radius 3 is 2.80 bits per heavy atom. The number of aliphatic hydroxyl groups is 1. The van der Waals surface area contributed by atoms with Crippen LogP contribution in [0.25, 0.3) is 0 Å². The molecule has 20 heavy (non-hydrogen) atoms. The van der Waals surface area contributed by atoms with Crippen molar-refractivity contribution in [3.8, 4) is 0 Å². The zero-order valence-corrected chi connectivity index (χ0v) is 11.4. The van der Waals surface area contributed by atoms with E-state index in [2.05, 4.69) is 10.3 Å². The minimum absolute atomic E-state index is 0.00373. The number of carbonyl (C=O) groups excluding carboxylic acids is 2. The second kappa shape index (κ2) is 5.55. The van der Waals surface area contributed by atoms with Crippen molar-refractivity contribution < 1.29 is 24.6 Å². The summed E-state index contributed by atoms with van der Waals surface area (Å²) in [6.07, 6.45) is -0.850. The van der Waals surface area contributed by atoms with Crippen LogP contribution in [0.5, 0.6) is 0 Å². The number of carboxylic acid groups (broad SMARTS) is 1. The summed E-state index contributed by atoms with van der Waals surface area (Å²) >= 11 is 1.07. The fourth-order valence-corrected chi connectivity index (χ4v) is 2.73. The van der Waals surface area contributed by atoms with Crippen molar-refractivity contribution in [2.75, 3.05) is 11.9 Å². The molecule has 0 aromatic carbocycles. The standard InChI is InChI=1S/C11H13N3O5S/c1-5(15)12-11-13-7(4-20-11)9(17)14-3-6(16)2-8(14)10(18)19/h4,6,8,16H,2-3H2,1H3,(H,18,19)(H,12,13,15)/t6-,8-/m0/s1. The highest BCUT2D eigenvalue weighted by atomic mass is 32.1. The summed E-state index contributed by atoms with van der Waals surface area (Å²) in [6.45, 7) is 1.28. The Labute approximate surface area is 118 Å². The molecule has 1 aliphatic rings. The Hall–Kier alpha value is -2.00. The molecule has 0 saturated carbocycles. The Kier molecular flexibility index (Phi) is 4.00. The number of aliphatic carboxylic acids is 1. The largest absolute Gasteiger partial charge is 0.480 e. The monoisotopic (exact) mass is 299 g/mol. The van der Waals surface area contributed by atoms with Crippen molar-refractivity contribution in [3.63, 3.8) is 0 Å². The summed E-state index contributed by atoms with van der Waals surface area (Å²) in [5, 5.41) is 22.7. The second-order valence-electron chi connectivity index (χ2n) is 4.42. The fraction of sp³-hybridized carbons (Fsp3) is 0.455. The quantitative estimate of drug-likeness (QED) is 0.708. The summed E-state index contributed by atoms with van der Waals surface area (Å²) in [5.74, 6) is -2.03. The van der Waals surface area contributed by atoms with Gasteiger partial charge in [-0.1, -0.05) is 0 Å². The lowest BCUT2D eigenvalue weighted by atomic mass is 10.2. The maximum absolute atomic E-state index is 12.2. The molecule has 2 amide bonds. The van der Waals surface area contributed by atoms with Gasteiger partial charge in [0.05, 0.1) is 6.10 Å². The van der Waals surface area contributed by atoms with Crippen LogP contribution in [0, 0.1) is 0 Å². The second-order valence-corrected chi connectivity index (χ2v) is 5.28. The number of rotatable bonds is 3. The van der Waals surface area contributed by atoms with Crippen molar-refractivity contribution >= 4 is 34.3 Å². The van der Waals surface area contributed by atoms with Crippen LogP contribution in [0.15, 0.2) is 5.38 Å². The van der Waals surface area contributed by atoms with Gasteiger partial charge in [0.2, 0.25) is 5.91 Å². The van der Waals surface area contributed by atoms with Crippen LogP contribution in [0.4, 0.5) is 5.13 Å². The number of carboxylic acids is 1. The Balaban J connectivity index is 2.16. The molecule has 0 unspecified atom stereocenters. The van der Waals surface area contributed by atoms with E-state index in [1.807, 2.05) is 0 Å². The molecular weight excluding hydrogens is 286 g/mol. The molecular formula is C11H13N3O5S. The first-order valence-corrected chi connectivity index (χ1v) is 6.71. The predicted molar refractivity (Wildman–Crippen MR) is 69.5 cm³/mol. The Morgan fingerprint density at radius 1 is 1.50 bits per heavy atom. The van der Waals surface area contributed by atoms with Gasteiger partial charge < -0.3 is 20.4 Å². The van der Waals surface area contributed by atoms with Gasteiger partial charge in [0, 0.05) is 25.3 Å². The van der Waals surface area contributed by atoms with Gasteiger partial charge >= 0.3 is 5.97 Å². The van der Waals surface area contributed by atoms with Crippen LogP contribution in [-0.4, -0.2) is 56.6 Å². The lowest BCUT2D eigenvalue weighted by Gasteiger charge is -2.19. The summed E-state index contributed by atoms with van der Waals surface area (Å²) < 4.78 is 0. The molecule has 0 aliphatic carbocycles. The van der Waals surface area contributed by atoms with Gasteiger partial charge in [-0.15, -0.1) is 11.3 Å². The molecule has 0 radical (unpaired) electrons. The molecule has 108 valence electrons. The molecule has 3 N–H and O–H groups in total. The smallest absolute Gasteiger partial charge is 0.326 e. The molecule has 1 aromatic heterocycles. The van der Waals surface area contributed by atoms with Gasteiger partial charge in [-0.05, 0) is 0 Å². The van der Waals surface area contributed by atoms with Gasteiger partial charge in [-0.3, -0.25) is 9.59 Å². The molecule has 9 heteroatoms. The highest BCUT2D eigenvalue weighted by molar-refractivity contribution is 7.14. The number of aliphatic hydroxyl groups excluding tert-OH is 1. The third-order valence-corrected chi connectivity index (χ3v) is 3.59. The molecule has 1 fully saturated rings. The van der Waals surface area contributed by atoms with Gasteiger partial charge in [0.1, 0.15) is 11.7 Å². The SMILES string of the molecule is CC(=O)Nc1nc(C(=O)N2C[C@@H](O)C[C@H]2C(=O)O)cs1. The third kappa shape index (κ3) is 2.94. The van der Waals surface area contributed by atoms with Gasteiger partial charge in [0.25, 0.3) is 5.91 Å². The van der Waals surface area contributed by atoms with Gasteiger partial charge in [-0.25, -0.2) is 9.78 Å². The molecule has 2 rings (SSSR count). The van der Waals surface area contributed by atoms with Crippen LogP contribution in [0.2, 0.25) is 0 Å². The zero-order valence-electron chi connectivity index (χ0n) is 10.6. The van der Waals surface area contributed by atoms with E-state index >= 15 is 0 Å². The normalized spacial score (nSPS) is 21.8. The van der Waals surface area contributed by atoms with E-state index in [-0.39, 0.29) is 29.7 Å². The third-order valence-electron chi connectivity index (χ3n) is 2.83. The number of likely N-dealkylation sites (tertiary alicyclic amines) is 1. The average Bonchev–Trinajstić information content (AvgIpc) is 2.94. The summed E-state index contributed by atoms with van der Waals surface area (Å²) in [6, 6.07) is -1.05. The maximum Gasteiger partial charge on any atom is 0.326 e. The molecule has 8 nitrogen and oxygen atoms in total. The zero-order chi connectivity index (χ0) is 14.9. The lowest BCUT2D eigenvalue weighted by Crippen LogP contribution is -2.40. The number of aromatic nitrogens is 1. The number of nitrogens with one attached hydrogen (secondary N) is 1. The maximum atomic E-state index is 12.2. The molecule has 0 spiro atoms. The highest BCUT2D eigenvalue weighted by Gasteiger charge is 2.39.